The van der Waals surface area contributed by atoms with Crippen LogP contribution in [-0.2, 0) is 4.79 Å². The van der Waals surface area contributed by atoms with Crippen LogP contribution in [0.1, 0.15) is 43.6 Å². The molecule has 0 amide bonds. The number of benzene rings is 1. The largest absolute Gasteiger partial charge is 0.493 e. The Hall–Kier alpha value is -1.51. The number of rotatable bonds is 3. The lowest BCUT2D eigenvalue weighted by atomic mass is 9.76. The summed E-state index contributed by atoms with van der Waals surface area (Å²) in [6.07, 6.45) is 4.45. The number of hydrogen-bond acceptors (Lipinski definition) is 2. The molecule has 1 heterocycles. The van der Waals surface area contributed by atoms with E-state index >= 15 is 0 Å². The minimum Gasteiger partial charge on any atom is -0.493 e. The lowest BCUT2D eigenvalue weighted by Gasteiger charge is -2.26. The van der Waals surface area contributed by atoms with Gasteiger partial charge in [-0.2, -0.15) is 0 Å². The first-order valence-electron chi connectivity index (χ1n) is 6.66. The molecule has 0 saturated heterocycles. The summed E-state index contributed by atoms with van der Waals surface area (Å²) in [7, 11) is 0. The third kappa shape index (κ3) is 1.78. The normalized spacial score (nSPS) is 24.6. The maximum absolute atomic E-state index is 11.6. The van der Waals surface area contributed by atoms with Gasteiger partial charge in [0, 0.05) is 11.5 Å². The van der Waals surface area contributed by atoms with Gasteiger partial charge >= 0.3 is 5.97 Å². The Bertz CT molecular complexity index is 461. The van der Waals surface area contributed by atoms with E-state index in [0.717, 1.165) is 37.9 Å². The summed E-state index contributed by atoms with van der Waals surface area (Å²) < 4.78 is 5.65. The lowest BCUT2D eigenvalue weighted by molar-refractivity contribution is -0.149. The quantitative estimate of drug-likeness (QED) is 0.890. The maximum atomic E-state index is 11.6. The van der Waals surface area contributed by atoms with Crippen molar-refractivity contribution < 1.29 is 14.6 Å². The fraction of sp³-hybridized carbons (Fsp3) is 0.533. The molecule has 0 aromatic heterocycles. The van der Waals surface area contributed by atoms with Crippen LogP contribution in [0.3, 0.4) is 0 Å². The van der Waals surface area contributed by atoms with Gasteiger partial charge in [0.2, 0.25) is 0 Å². The predicted molar refractivity (Wildman–Crippen MR) is 67.8 cm³/mol. The van der Waals surface area contributed by atoms with Gasteiger partial charge in [0.05, 0.1) is 12.0 Å². The number of carboxylic acids is 1. The van der Waals surface area contributed by atoms with Gasteiger partial charge in [0.25, 0.3) is 0 Å². The monoisotopic (exact) mass is 246 g/mol. The second-order valence-electron chi connectivity index (χ2n) is 5.54. The van der Waals surface area contributed by atoms with Crippen molar-refractivity contribution in [2.45, 2.75) is 38.0 Å². The van der Waals surface area contributed by atoms with Crippen molar-refractivity contribution in [1.82, 2.24) is 0 Å². The first-order chi connectivity index (χ1) is 8.71. The Morgan fingerprint density at radius 1 is 1.33 bits per heavy atom. The standard InChI is InChI=1S/C15H18O3/c16-14(17)15(7-3-4-8-15)9-11-10-18-13-6-2-1-5-12(11)13/h1-2,5-6,11H,3-4,7-10H2,(H,16,17). The third-order valence-corrected chi connectivity index (χ3v) is 4.45. The highest BCUT2D eigenvalue weighted by Crippen LogP contribution is 2.48. The van der Waals surface area contributed by atoms with Gasteiger partial charge in [-0.3, -0.25) is 4.79 Å². The Labute approximate surface area is 107 Å². The average molecular weight is 246 g/mol. The zero-order valence-corrected chi connectivity index (χ0v) is 10.4. The minimum absolute atomic E-state index is 0.246. The first-order valence-corrected chi connectivity index (χ1v) is 6.66. The van der Waals surface area contributed by atoms with Gasteiger partial charge in [0.1, 0.15) is 5.75 Å². The molecule has 96 valence electrons. The molecule has 18 heavy (non-hydrogen) atoms. The molecule has 1 unspecified atom stereocenters. The van der Waals surface area contributed by atoms with E-state index in [9.17, 15) is 9.90 Å². The van der Waals surface area contributed by atoms with Crippen LogP contribution in [-0.4, -0.2) is 17.7 Å². The van der Waals surface area contributed by atoms with Gasteiger partial charge in [-0.05, 0) is 25.3 Å². The summed E-state index contributed by atoms with van der Waals surface area (Å²) in [5.41, 5.74) is 0.677. The molecule has 0 spiro atoms. The van der Waals surface area contributed by atoms with Crippen LogP contribution in [0.2, 0.25) is 0 Å². The molecule has 3 heteroatoms. The molecule has 1 saturated carbocycles. The molecule has 3 nitrogen and oxygen atoms in total. The molecule has 1 aliphatic heterocycles. The highest BCUT2D eigenvalue weighted by Gasteiger charge is 2.44. The van der Waals surface area contributed by atoms with Crippen LogP contribution in [0, 0.1) is 5.41 Å². The molecule has 1 N–H and O–H groups in total. The number of aliphatic carboxylic acids is 1. The fourth-order valence-electron chi connectivity index (χ4n) is 3.43. The van der Waals surface area contributed by atoms with Crippen LogP contribution < -0.4 is 4.74 Å². The van der Waals surface area contributed by atoms with Crippen LogP contribution in [0.25, 0.3) is 0 Å². The van der Waals surface area contributed by atoms with E-state index in [1.165, 1.54) is 5.56 Å². The van der Waals surface area contributed by atoms with Crippen molar-refractivity contribution in [2.75, 3.05) is 6.61 Å². The van der Waals surface area contributed by atoms with E-state index in [0.29, 0.717) is 6.61 Å². The van der Waals surface area contributed by atoms with Crippen LogP contribution in [0.4, 0.5) is 0 Å². The number of fused-ring (bicyclic) bond motifs is 1. The molecule has 0 bridgehead atoms. The zero-order valence-electron chi connectivity index (χ0n) is 10.4. The van der Waals surface area contributed by atoms with Gasteiger partial charge < -0.3 is 9.84 Å². The molecule has 1 aromatic carbocycles. The molecule has 1 fully saturated rings. The molecule has 0 radical (unpaired) electrons. The van der Waals surface area contributed by atoms with Gasteiger partial charge in [-0.25, -0.2) is 0 Å². The second-order valence-corrected chi connectivity index (χ2v) is 5.54. The summed E-state index contributed by atoms with van der Waals surface area (Å²) in [6, 6.07) is 8.00. The summed E-state index contributed by atoms with van der Waals surface area (Å²) in [4.78, 5) is 11.6. The first kappa shape index (κ1) is 11.6. The topological polar surface area (TPSA) is 46.5 Å². The molecule has 3 rings (SSSR count). The minimum atomic E-state index is -0.621. The summed E-state index contributed by atoms with van der Waals surface area (Å²) in [5.74, 6) is 0.556. The SMILES string of the molecule is O=C(O)C1(CC2COc3ccccc32)CCCC1. The van der Waals surface area contributed by atoms with Gasteiger partial charge in [0.15, 0.2) is 0 Å². The number of ether oxygens (including phenoxy) is 1. The molecular formula is C15H18O3. The van der Waals surface area contributed by atoms with Gasteiger partial charge in [-0.15, -0.1) is 0 Å². The lowest BCUT2D eigenvalue weighted by Crippen LogP contribution is -2.30. The van der Waals surface area contributed by atoms with Gasteiger partial charge in [-0.1, -0.05) is 31.0 Å². The van der Waals surface area contributed by atoms with Crippen molar-refractivity contribution in [3.63, 3.8) is 0 Å². The molecular weight excluding hydrogens is 228 g/mol. The van der Waals surface area contributed by atoms with E-state index in [-0.39, 0.29) is 5.92 Å². The second kappa shape index (κ2) is 4.30. The van der Waals surface area contributed by atoms with E-state index in [2.05, 4.69) is 6.07 Å². The van der Waals surface area contributed by atoms with Crippen LogP contribution >= 0.6 is 0 Å². The van der Waals surface area contributed by atoms with E-state index in [1.54, 1.807) is 0 Å². The average Bonchev–Trinajstić information content (AvgIpc) is 2.99. The van der Waals surface area contributed by atoms with Crippen LogP contribution in [0.5, 0.6) is 5.75 Å². The summed E-state index contributed by atoms with van der Waals surface area (Å²) >= 11 is 0. The Kier molecular flexibility index (Phi) is 2.77. The number of para-hydroxylation sites is 1. The van der Waals surface area contributed by atoms with Crippen molar-refractivity contribution >= 4 is 5.97 Å². The van der Waals surface area contributed by atoms with Crippen LogP contribution in [0.15, 0.2) is 24.3 Å². The fourth-order valence-corrected chi connectivity index (χ4v) is 3.43. The van der Waals surface area contributed by atoms with Crippen molar-refractivity contribution in [1.29, 1.82) is 0 Å². The summed E-state index contributed by atoms with van der Waals surface area (Å²) in [5, 5.41) is 9.53. The molecule has 1 aromatic rings. The third-order valence-electron chi connectivity index (χ3n) is 4.45. The molecule has 2 aliphatic rings. The number of carbonyl (C=O) groups is 1. The number of carboxylic acid groups (broad SMARTS) is 1. The van der Waals surface area contributed by atoms with Crippen molar-refractivity contribution in [3.05, 3.63) is 29.8 Å². The Balaban J connectivity index is 1.83. The smallest absolute Gasteiger partial charge is 0.309 e. The maximum Gasteiger partial charge on any atom is 0.309 e. The highest BCUT2D eigenvalue weighted by atomic mass is 16.5. The van der Waals surface area contributed by atoms with E-state index < -0.39 is 11.4 Å². The zero-order chi connectivity index (χ0) is 12.6. The molecule has 1 aliphatic carbocycles. The summed E-state index contributed by atoms with van der Waals surface area (Å²) in [6.45, 7) is 0.633. The molecule has 1 atom stereocenters. The predicted octanol–water partition coefficient (Wildman–Crippen LogP) is 3.20. The van der Waals surface area contributed by atoms with Crippen molar-refractivity contribution in [3.8, 4) is 5.75 Å². The Morgan fingerprint density at radius 2 is 2.06 bits per heavy atom. The van der Waals surface area contributed by atoms with E-state index in [4.69, 9.17) is 4.74 Å². The van der Waals surface area contributed by atoms with Crippen molar-refractivity contribution in [2.24, 2.45) is 5.41 Å². The number of hydrogen-bond donors (Lipinski definition) is 1. The highest BCUT2D eigenvalue weighted by molar-refractivity contribution is 5.75. The van der Waals surface area contributed by atoms with E-state index in [1.807, 2.05) is 18.2 Å². The Morgan fingerprint density at radius 3 is 2.78 bits per heavy atom.